The van der Waals surface area contributed by atoms with Crippen LogP contribution < -0.4 is 0 Å². The van der Waals surface area contributed by atoms with Crippen molar-refractivity contribution in [1.29, 1.82) is 0 Å². The molecule has 0 saturated carbocycles. The first-order valence-electron chi connectivity index (χ1n) is 3.98. The first-order chi connectivity index (χ1) is 5.93. The molecule has 0 fully saturated rings. The van der Waals surface area contributed by atoms with Crippen LogP contribution >= 0.6 is 19.2 Å². The van der Waals surface area contributed by atoms with Crippen molar-refractivity contribution in [3.8, 4) is 0 Å². The Kier molecular flexibility index (Phi) is 5.15. The molecule has 0 aliphatic heterocycles. The van der Waals surface area contributed by atoms with Crippen LogP contribution in [0.4, 0.5) is 0 Å². The molecule has 78 valence electrons. The summed E-state index contributed by atoms with van der Waals surface area (Å²) in [6, 6.07) is 0. The van der Waals surface area contributed by atoms with Crippen molar-refractivity contribution in [2.24, 2.45) is 0 Å². The van der Waals surface area contributed by atoms with Crippen molar-refractivity contribution < 1.29 is 18.4 Å². The highest BCUT2D eigenvalue weighted by molar-refractivity contribution is 7.58. The van der Waals surface area contributed by atoms with Gasteiger partial charge in [-0.3, -0.25) is 4.57 Å². The molecule has 6 heteroatoms. The van der Waals surface area contributed by atoms with Crippen LogP contribution in [0.15, 0.2) is 0 Å². The van der Waals surface area contributed by atoms with Gasteiger partial charge in [0.1, 0.15) is 0 Å². The van der Waals surface area contributed by atoms with Crippen molar-refractivity contribution in [2.45, 2.75) is 25.4 Å². The Bertz CT molecular complexity index is 207. The van der Waals surface area contributed by atoms with E-state index in [0.29, 0.717) is 6.29 Å². The van der Waals surface area contributed by atoms with E-state index in [9.17, 15) is 9.36 Å². The minimum Gasteiger partial charge on any atom is -0.307 e. The van der Waals surface area contributed by atoms with Crippen molar-refractivity contribution in [3.05, 3.63) is 0 Å². The second-order valence-electron chi connectivity index (χ2n) is 2.47. The van der Waals surface area contributed by atoms with Crippen LogP contribution in [0.1, 0.15) is 20.8 Å². The molecule has 13 heavy (non-hydrogen) atoms. The fourth-order valence-corrected chi connectivity index (χ4v) is 2.38. The van der Waals surface area contributed by atoms with Crippen LogP contribution in [0.5, 0.6) is 0 Å². The molecule has 1 unspecified atom stereocenters. The minimum atomic E-state index is -3.52. The maximum Gasteiger partial charge on any atom is 0.358 e. The lowest BCUT2D eigenvalue weighted by Gasteiger charge is -2.25. The number of alkyl halides is 1. The number of carbonyl (C=O) groups excluding carboxylic acids is 1. The Balaban J connectivity index is 4.77. The van der Waals surface area contributed by atoms with Gasteiger partial charge in [0, 0.05) is 0 Å². The summed E-state index contributed by atoms with van der Waals surface area (Å²) in [6.07, 6.45) is 0.376. The molecule has 0 aliphatic rings. The monoisotopic (exact) mass is 228 g/mol. The van der Waals surface area contributed by atoms with Gasteiger partial charge in [0.15, 0.2) is 10.9 Å². The van der Waals surface area contributed by atoms with Crippen LogP contribution in [0.3, 0.4) is 0 Å². The van der Waals surface area contributed by atoms with E-state index >= 15 is 0 Å². The standard InChI is InChI=1S/C7H14ClO4P/c1-4-11-13(10,12-5-2)7(3,8)6-9/h6H,4-5H2,1-3H3. The summed E-state index contributed by atoms with van der Waals surface area (Å²) in [5.74, 6) is 0. The molecule has 0 radical (unpaired) electrons. The fraction of sp³-hybridized carbons (Fsp3) is 0.857. The third-order valence-corrected chi connectivity index (χ3v) is 4.43. The second-order valence-corrected chi connectivity index (χ2v) is 5.96. The number of hydrogen-bond donors (Lipinski definition) is 0. The highest BCUT2D eigenvalue weighted by Crippen LogP contribution is 2.60. The summed E-state index contributed by atoms with van der Waals surface area (Å²) in [5.41, 5.74) is 0. The largest absolute Gasteiger partial charge is 0.358 e. The first kappa shape index (κ1) is 13.1. The maximum atomic E-state index is 11.9. The van der Waals surface area contributed by atoms with Crippen molar-refractivity contribution in [1.82, 2.24) is 0 Å². The number of carbonyl (C=O) groups is 1. The number of halogens is 1. The molecule has 0 N–H and O–H groups in total. The Hall–Kier alpha value is 0.110. The molecule has 0 aromatic heterocycles. The lowest BCUT2D eigenvalue weighted by Crippen LogP contribution is -2.22. The summed E-state index contributed by atoms with van der Waals surface area (Å²) in [4.78, 5) is 10.6. The van der Waals surface area contributed by atoms with Gasteiger partial charge in [0.2, 0.25) is 0 Å². The number of rotatable bonds is 6. The molecule has 0 aliphatic carbocycles. The van der Waals surface area contributed by atoms with Gasteiger partial charge in [-0.2, -0.15) is 0 Å². The highest BCUT2D eigenvalue weighted by Gasteiger charge is 2.45. The molecular weight excluding hydrogens is 214 g/mol. The van der Waals surface area contributed by atoms with E-state index in [-0.39, 0.29) is 13.2 Å². The lowest BCUT2D eigenvalue weighted by atomic mass is 10.5. The molecule has 0 rings (SSSR count). The highest BCUT2D eigenvalue weighted by atomic mass is 35.5. The predicted octanol–water partition coefficient (Wildman–Crippen LogP) is 2.41. The normalized spacial score (nSPS) is 16.6. The topological polar surface area (TPSA) is 52.6 Å². The van der Waals surface area contributed by atoms with Crippen molar-refractivity contribution >= 4 is 25.5 Å². The second kappa shape index (κ2) is 5.11. The summed E-state index contributed by atoms with van der Waals surface area (Å²) in [7, 11) is -3.52. The zero-order chi connectivity index (χ0) is 10.5. The maximum absolute atomic E-state index is 11.9. The Morgan fingerprint density at radius 2 is 1.77 bits per heavy atom. The fourth-order valence-electron chi connectivity index (χ4n) is 0.694. The van der Waals surface area contributed by atoms with E-state index < -0.39 is 12.2 Å². The summed E-state index contributed by atoms with van der Waals surface area (Å²) in [6.45, 7) is 5.00. The molecule has 0 aromatic carbocycles. The SMILES string of the molecule is CCOP(=O)(OCC)C(C)(Cl)C=O. The molecular formula is C7H14ClO4P. The molecule has 4 nitrogen and oxygen atoms in total. The average molecular weight is 229 g/mol. The molecule has 0 bridgehead atoms. The van der Waals surface area contributed by atoms with Crippen LogP contribution in [0.2, 0.25) is 0 Å². The first-order valence-corrected chi connectivity index (χ1v) is 5.90. The van der Waals surface area contributed by atoms with Crippen LogP contribution in [0.25, 0.3) is 0 Å². The van der Waals surface area contributed by atoms with Gasteiger partial charge >= 0.3 is 7.60 Å². The number of hydrogen-bond acceptors (Lipinski definition) is 4. The van der Waals surface area contributed by atoms with Crippen molar-refractivity contribution in [3.63, 3.8) is 0 Å². The average Bonchev–Trinajstić information content (AvgIpc) is 2.05. The van der Waals surface area contributed by atoms with Gasteiger partial charge in [-0.15, -0.1) is 0 Å². The van der Waals surface area contributed by atoms with E-state index in [1.807, 2.05) is 0 Å². The van der Waals surface area contributed by atoms with Gasteiger partial charge < -0.3 is 13.8 Å². The zero-order valence-corrected chi connectivity index (χ0v) is 9.60. The van der Waals surface area contributed by atoms with Crippen LogP contribution in [-0.2, 0) is 18.4 Å². The molecule has 0 saturated heterocycles. The molecule has 1 atom stereocenters. The summed E-state index contributed by atoms with van der Waals surface area (Å²) < 4.78 is 20.1. The van der Waals surface area contributed by atoms with Gasteiger partial charge in [-0.25, -0.2) is 0 Å². The zero-order valence-electron chi connectivity index (χ0n) is 7.95. The lowest BCUT2D eigenvalue weighted by molar-refractivity contribution is -0.108. The van der Waals surface area contributed by atoms with E-state index in [4.69, 9.17) is 20.6 Å². The molecule has 0 amide bonds. The van der Waals surface area contributed by atoms with Gasteiger partial charge in [-0.05, 0) is 20.8 Å². The van der Waals surface area contributed by atoms with E-state index in [1.54, 1.807) is 13.8 Å². The smallest absolute Gasteiger partial charge is 0.307 e. The van der Waals surface area contributed by atoms with Gasteiger partial charge in [0.25, 0.3) is 0 Å². The third-order valence-electron chi connectivity index (χ3n) is 1.35. The minimum absolute atomic E-state index is 0.188. The van der Waals surface area contributed by atoms with Crippen molar-refractivity contribution in [2.75, 3.05) is 13.2 Å². The Morgan fingerprint density at radius 3 is 2.00 bits per heavy atom. The van der Waals surface area contributed by atoms with Gasteiger partial charge in [-0.1, -0.05) is 11.6 Å². The Morgan fingerprint density at radius 1 is 1.38 bits per heavy atom. The third kappa shape index (κ3) is 3.06. The Labute approximate surface area is 83.1 Å². The molecule has 0 aromatic rings. The molecule has 0 spiro atoms. The quantitative estimate of drug-likeness (QED) is 0.398. The van der Waals surface area contributed by atoms with Gasteiger partial charge in [0.05, 0.1) is 13.2 Å². The van der Waals surface area contributed by atoms with E-state index in [1.165, 1.54) is 6.92 Å². The summed E-state index contributed by atoms with van der Waals surface area (Å²) in [5, 5.41) is 0. The number of aldehydes is 1. The predicted molar refractivity (Wildman–Crippen MR) is 51.2 cm³/mol. The summed E-state index contributed by atoms with van der Waals surface area (Å²) >= 11 is 5.70. The molecule has 0 heterocycles. The van der Waals surface area contributed by atoms with Crippen LogP contribution in [0, 0.1) is 0 Å². The van der Waals surface area contributed by atoms with Crippen LogP contribution in [-0.4, -0.2) is 24.1 Å². The van der Waals surface area contributed by atoms with E-state index in [2.05, 4.69) is 0 Å². The van der Waals surface area contributed by atoms with E-state index in [0.717, 1.165) is 0 Å².